The summed E-state index contributed by atoms with van der Waals surface area (Å²) in [6.07, 6.45) is 2.73. The number of hydrogen-bond acceptors (Lipinski definition) is 8. The Morgan fingerprint density at radius 1 is 1.07 bits per heavy atom. The van der Waals surface area contributed by atoms with Crippen LogP contribution in [0.15, 0.2) is 41.4 Å². The largest absolute Gasteiger partial charge is 0.486 e. The molecule has 12 heteroatoms. The number of sulfonamides is 1. The van der Waals surface area contributed by atoms with Crippen LogP contribution in [0.5, 0.6) is 5.75 Å². The number of piperidine rings is 1. The number of fused-ring (bicyclic) bond motifs is 1. The Labute approximate surface area is 233 Å². The van der Waals surface area contributed by atoms with Gasteiger partial charge in [0.05, 0.1) is 23.3 Å². The van der Waals surface area contributed by atoms with Crippen LogP contribution in [0.4, 0.5) is 26.1 Å². The molecule has 0 unspecified atom stereocenters. The molecule has 40 heavy (non-hydrogen) atoms. The number of aromatic nitrogens is 2. The minimum atomic E-state index is -3.75. The van der Waals surface area contributed by atoms with Gasteiger partial charge >= 0.3 is 0 Å². The number of anilines is 3. The maximum atomic E-state index is 15.0. The Morgan fingerprint density at radius 3 is 2.52 bits per heavy atom. The predicted molar refractivity (Wildman–Crippen MR) is 151 cm³/mol. The summed E-state index contributed by atoms with van der Waals surface area (Å²) in [5.74, 6) is -1.01. The van der Waals surface area contributed by atoms with Crippen LogP contribution in [0, 0.1) is 11.6 Å². The van der Waals surface area contributed by atoms with Crippen LogP contribution >= 0.6 is 0 Å². The van der Waals surface area contributed by atoms with Gasteiger partial charge in [-0.3, -0.25) is 0 Å². The van der Waals surface area contributed by atoms with Gasteiger partial charge in [-0.25, -0.2) is 31.9 Å². The molecule has 5 rings (SSSR count). The van der Waals surface area contributed by atoms with Gasteiger partial charge in [-0.1, -0.05) is 6.07 Å². The van der Waals surface area contributed by atoms with Crippen molar-refractivity contribution in [2.45, 2.75) is 43.5 Å². The smallest absolute Gasteiger partial charge is 0.240 e. The molecule has 3 heterocycles. The van der Waals surface area contributed by atoms with Gasteiger partial charge in [0.25, 0.3) is 0 Å². The third-order valence-electron chi connectivity index (χ3n) is 7.54. The number of likely N-dealkylation sites (tertiary alicyclic amines) is 1. The predicted octanol–water partition coefficient (Wildman–Crippen LogP) is 4.49. The van der Waals surface area contributed by atoms with Gasteiger partial charge in [0.2, 0.25) is 16.0 Å². The molecule has 0 aliphatic carbocycles. The van der Waals surface area contributed by atoms with E-state index in [9.17, 15) is 12.8 Å². The number of nitrogens with zero attached hydrogens (tertiary/aromatic N) is 4. The first-order chi connectivity index (χ1) is 19.1. The molecule has 3 aromatic rings. The van der Waals surface area contributed by atoms with E-state index in [1.54, 1.807) is 18.2 Å². The van der Waals surface area contributed by atoms with Crippen LogP contribution in [-0.2, 0) is 10.0 Å². The molecule has 1 saturated heterocycles. The van der Waals surface area contributed by atoms with E-state index in [0.29, 0.717) is 24.5 Å². The minimum Gasteiger partial charge on any atom is -0.486 e. The highest BCUT2D eigenvalue weighted by molar-refractivity contribution is 7.89. The zero-order chi connectivity index (χ0) is 28.6. The fraction of sp³-hybridized carbons (Fsp3) is 0.429. The van der Waals surface area contributed by atoms with Crippen LogP contribution in [0.3, 0.4) is 0 Å². The third-order valence-corrected chi connectivity index (χ3v) is 9.01. The number of benzene rings is 2. The maximum Gasteiger partial charge on any atom is 0.240 e. The molecule has 2 aliphatic rings. The molecule has 1 fully saturated rings. The highest BCUT2D eigenvalue weighted by Gasteiger charge is 2.27. The molecule has 2 aromatic carbocycles. The molecule has 9 nitrogen and oxygen atoms in total. The van der Waals surface area contributed by atoms with E-state index < -0.39 is 21.7 Å². The first-order valence-corrected chi connectivity index (χ1v) is 14.8. The molecule has 214 valence electrons. The van der Waals surface area contributed by atoms with E-state index in [1.807, 2.05) is 24.8 Å². The summed E-state index contributed by atoms with van der Waals surface area (Å²) in [6.45, 7) is 6.71. The van der Waals surface area contributed by atoms with E-state index >= 15 is 4.39 Å². The monoisotopic (exact) mass is 572 g/mol. The number of rotatable bonds is 7. The minimum absolute atomic E-state index is 0.0475. The van der Waals surface area contributed by atoms with Gasteiger partial charge in [-0.2, -0.15) is 0 Å². The fourth-order valence-electron chi connectivity index (χ4n) is 5.35. The van der Waals surface area contributed by atoms with Crippen LogP contribution < -0.4 is 19.7 Å². The molecule has 1 aromatic heterocycles. The Hall–Kier alpha value is -3.35. The van der Waals surface area contributed by atoms with Crippen molar-refractivity contribution < 1.29 is 21.9 Å². The average molecular weight is 573 g/mol. The van der Waals surface area contributed by atoms with Gasteiger partial charge in [0, 0.05) is 17.3 Å². The number of halogens is 2. The Kier molecular flexibility index (Phi) is 7.94. The summed E-state index contributed by atoms with van der Waals surface area (Å²) in [4.78, 5) is 12.8. The van der Waals surface area contributed by atoms with Gasteiger partial charge < -0.3 is 19.9 Å². The normalized spacial score (nSPS) is 16.6. The van der Waals surface area contributed by atoms with Crippen molar-refractivity contribution in [3.63, 3.8) is 0 Å². The Morgan fingerprint density at radius 2 is 1.82 bits per heavy atom. The zero-order valence-electron chi connectivity index (χ0n) is 23.0. The molecule has 2 aliphatic heterocycles. The molecule has 0 saturated carbocycles. The SMILES string of the molecule is CNS(=O)(=O)c1cc(Nc2ncc(F)c(-c3cc(F)c4c(c3)N(C(C)C)CCO4)n2)ccc1C1CCN(C)CC1. The van der Waals surface area contributed by atoms with Crippen LogP contribution in [0.25, 0.3) is 11.3 Å². The van der Waals surface area contributed by atoms with Crippen LogP contribution in [0.1, 0.15) is 38.2 Å². The van der Waals surface area contributed by atoms with Crippen molar-refractivity contribution in [2.24, 2.45) is 0 Å². The molecule has 0 amide bonds. The summed E-state index contributed by atoms with van der Waals surface area (Å²) in [5, 5.41) is 3.00. The van der Waals surface area contributed by atoms with Crippen molar-refractivity contribution in [3.05, 3.63) is 53.7 Å². The highest BCUT2D eigenvalue weighted by Crippen LogP contribution is 2.40. The summed E-state index contributed by atoms with van der Waals surface area (Å²) >= 11 is 0. The lowest BCUT2D eigenvalue weighted by Crippen LogP contribution is -2.38. The van der Waals surface area contributed by atoms with Gasteiger partial charge in [0.1, 0.15) is 12.3 Å². The summed E-state index contributed by atoms with van der Waals surface area (Å²) in [5.41, 5.74) is 1.88. The number of hydrogen-bond donors (Lipinski definition) is 2. The maximum absolute atomic E-state index is 15.0. The van der Waals surface area contributed by atoms with Crippen molar-refractivity contribution in [1.29, 1.82) is 0 Å². The summed E-state index contributed by atoms with van der Waals surface area (Å²) in [6, 6.07) is 8.08. The van der Waals surface area contributed by atoms with Crippen molar-refractivity contribution in [3.8, 4) is 17.0 Å². The van der Waals surface area contributed by atoms with Crippen molar-refractivity contribution in [1.82, 2.24) is 19.6 Å². The lowest BCUT2D eigenvalue weighted by Gasteiger charge is -2.34. The molecule has 2 N–H and O–H groups in total. The molecular formula is C28H34F2N6O3S. The Balaban J connectivity index is 1.49. The number of nitrogens with one attached hydrogen (secondary N) is 2. The first kappa shape index (κ1) is 28.2. The molecular weight excluding hydrogens is 538 g/mol. The zero-order valence-corrected chi connectivity index (χ0v) is 23.9. The van der Waals surface area contributed by atoms with E-state index in [1.165, 1.54) is 13.1 Å². The topological polar surface area (TPSA) is 99.7 Å². The quantitative estimate of drug-likeness (QED) is 0.427. The van der Waals surface area contributed by atoms with E-state index in [4.69, 9.17) is 4.74 Å². The second-order valence-electron chi connectivity index (χ2n) is 10.5. The molecule has 0 spiro atoms. The van der Waals surface area contributed by atoms with Gasteiger partial charge in [-0.05, 0) is 89.6 Å². The average Bonchev–Trinajstić information content (AvgIpc) is 2.94. The van der Waals surface area contributed by atoms with Gasteiger partial charge in [0.15, 0.2) is 17.4 Å². The molecule has 0 radical (unpaired) electrons. The third kappa shape index (κ3) is 5.61. The van der Waals surface area contributed by atoms with Crippen molar-refractivity contribution in [2.75, 3.05) is 50.6 Å². The summed E-state index contributed by atoms with van der Waals surface area (Å²) in [7, 11) is -0.318. The Bertz CT molecular complexity index is 1510. The van der Waals surface area contributed by atoms with E-state index in [2.05, 4.69) is 32.0 Å². The van der Waals surface area contributed by atoms with Gasteiger partial charge in [-0.15, -0.1) is 0 Å². The highest BCUT2D eigenvalue weighted by atomic mass is 32.2. The second kappa shape index (κ2) is 11.3. The fourth-order valence-corrected chi connectivity index (χ4v) is 6.39. The molecule has 0 atom stereocenters. The first-order valence-electron chi connectivity index (χ1n) is 13.4. The standard InChI is InChI=1S/C28H34F2N6O3S/c1-17(2)36-11-12-39-27-22(29)13-19(14-24(27)36)26-23(30)16-32-28(34-26)33-20-5-6-21(18-7-9-35(4)10-8-18)25(15-20)40(37,38)31-3/h5-6,13-18,31H,7-12H2,1-4H3,(H,32,33,34). The van der Waals surface area contributed by atoms with E-state index in [-0.39, 0.29) is 39.8 Å². The number of ether oxygens (including phenoxy) is 1. The van der Waals surface area contributed by atoms with Crippen molar-refractivity contribution >= 4 is 27.3 Å². The van der Waals surface area contributed by atoms with Crippen LogP contribution in [-0.4, -0.2) is 69.7 Å². The molecule has 0 bridgehead atoms. The van der Waals surface area contributed by atoms with Crippen LogP contribution in [0.2, 0.25) is 0 Å². The summed E-state index contributed by atoms with van der Waals surface area (Å²) < 4.78 is 63.9. The second-order valence-corrected chi connectivity index (χ2v) is 12.3. The lowest BCUT2D eigenvalue weighted by atomic mass is 9.89. The lowest BCUT2D eigenvalue weighted by molar-refractivity contribution is 0.254. The van der Waals surface area contributed by atoms with E-state index in [0.717, 1.165) is 37.7 Å².